The number of fused-ring (bicyclic) bond motifs is 1. The zero-order chi connectivity index (χ0) is 17.4. The minimum atomic E-state index is -0.785. The van der Waals surface area contributed by atoms with Crippen LogP contribution in [-0.4, -0.2) is 10.8 Å². The standard InChI is InChI=1S/C20H13F2NO2/c21-16-10-19-15(9-14(16)13-7-4-8-23-20(13)22)17(24)11-18(25-19)12-5-2-1-3-6-12/h1-10,18H,11H2. The number of hydrogen-bond acceptors (Lipinski definition) is 3. The van der Waals surface area contributed by atoms with Gasteiger partial charge in [-0.05, 0) is 23.8 Å². The summed E-state index contributed by atoms with van der Waals surface area (Å²) in [4.78, 5) is 16.1. The zero-order valence-corrected chi connectivity index (χ0v) is 13.1. The minimum absolute atomic E-state index is 0.000499. The van der Waals surface area contributed by atoms with Gasteiger partial charge < -0.3 is 4.74 Å². The molecule has 3 nitrogen and oxygen atoms in total. The van der Waals surface area contributed by atoms with Crippen LogP contribution in [0.25, 0.3) is 11.1 Å². The molecule has 0 aliphatic carbocycles. The third kappa shape index (κ3) is 2.78. The van der Waals surface area contributed by atoms with Gasteiger partial charge >= 0.3 is 0 Å². The number of nitrogens with zero attached hydrogens (tertiary/aromatic N) is 1. The second-order valence-corrected chi connectivity index (χ2v) is 5.81. The van der Waals surface area contributed by atoms with Crippen LogP contribution < -0.4 is 4.74 Å². The van der Waals surface area contributed by atoms with Crippen LogP contribution in [0.3, 0.4) is 0 Å². The van der Waals surface area contributed by atoms with Gasteiger partial charge in [-0.2, -0.15) is 4.39 Å². The van der Waals surface area contributed by atoms with Crippen molar-refractivity contribution < 1.29 is 18.3 Å². The molecule has 1 aromatic heterocycles. The van der Waals surface area contributed by atoms with E-state index in [-0.39, 0.29) is 34.6 Å². The SMILES string of the molecule is O=C1CC(c2ccccc2)Oc2cc(F)c(-c3cccnc3F)cc21. The molecule has 1 unspecified atom stereocenters. The molecule has 0 spiro atoms. The van der Waals surface area contributed by atoms with Crippen LogP contribution in [0.2, 0.25) is 0 Å². The number of carbonyl (C=O) groups is 1. The summed E-state index contributed by atoms with van der Waals surface area (Å²) >= 11 is 0. The predicted octanol–water partition coefficient (Wildman–Crippen LogP) is 4.73. The highest BCUT2D eigenvalue weighted by atomic mass is 19.1. The fourth-order valence-corrected chi connectivity index (χ4v) is 2.99. The molecule has 2 heterocycles. The smallest absolute Gasteiger partial charge is 0.220 e. The number of halogens is 2. The van der Waals surface area contributed by atoms with Gasteiger partial charge in [0.05, 0.1) is 12.0 Å². The molecular weight excluding hydrogens is 324 g/mol. The molecule has 0 saturated heterocycles. The highest BCUT2D eigenvalue weighted by Gasteiger charge is 2.29. The number of pyridine rings is 1. The summed E-state index contributed by atoms with van der Waals surface area (Å²) in [5, 5.41) is 0. The topological polar surface area (TPSA) is 39.2 Å². The summed E-state index contributed by atoms with van der Waals surface area (Å²) in [5.41, 5.74) is 1.12. The molecule has 0 saturated carbocycles. The van der Waals surface area contributed by atoms with Crippen molar-refractivity contribution in [3.8, 4) is 16.9 Å². The molecule has 1 aliphatic heterocycles. The molecule has 25 heavy (non-hydrogen) atoms. The van der Waals surface area contributed by atoms with Gasteiger partial charge in [-0.15, -0.1) is 0 Å². The van der Waals surface area contributed by atoms with E-state index >= 15 is 0 Å². The Labute approximate surface area is 142 Å². The van der Waals surface area contributed by atoms with E-state index in [1.165, 1.54) is 24.4 Å². The third-order valence-corrected chi connectivity index (χ3v) is 4.23. The van der Waals surface area contributed by atoms with Gasteiger partial charge in [0, 0.05) is 23.4 Å². The minimum Gasteiger partial charge on any atom is -0.484 e. The quantitative estimate of drug-likeness (QED) is 0.635. The first-order valence-corrected chi connectivity index (χ1v) is 7.82. The largest absolute Gasteiger partial charge is 0.484 e. The van der Waals surface area contributed by atoms with Crippen LogP contribution in [0.15, 0.2) is 60.8 Å². The van der Waals surface area contributed by atoms with Crippen molar-refractivity contribution >= 4 is 5.78 Å². The van der Waals surface area contributed by atoms with Crippen LogP contribution in [0.4, 0.5) is 8.78 Å². The summed E-state index contributed by atoms with van der Waals surface area (Å²) in [6.45, 7) is 0. The number of hydrogen-bond donors (Lipinski definition) is 0. The molecule has 0 N–H and O–H groups in total. The molecular formula is C20H13F2NO2. The Morgan fingerprint density at radius 3 is 2.52 bits per heavy atom. The maximum Gasteiger partial charge on any atom is 0.220 e. The van der Waals surface area contributed by atoms with Gasteiger partial charge in [0.1, 0.15) is 17.7 Å². The molecule has 1 aliphatic rings. The maximum atomic E-state index is 14.5. The van der Waals surface area contributed by atoms with Gasteiger partial charge in [-0.3, -0.25) is 4.79 Å². The lowest BCUT2D eigenvalue weighted by Crippen LogP contribution is -2.20. The highest BCUT2D eigenvalue weighted by Crippen LogP contribution is 2.38. The van der Waals surface area contributed by atoms with Crippen molar-refractivity contribution in [1.82, 2.24) is 4.98 Å². The number of ether oxygens (including phenoxy) is 1. The van der Waals surface area contributed by atoms with Crippen molar-refractivity contribution in [2.45, 2.75) is 12.5 Å². The van der Waals surface area contributed by atoms with Crippen molar-refractivity contribution in [2.75, 3.05) is 0 Å². The van der Waals surface area contributed by atoms with E-state index in [0.29, 0.717) is 0 Å². The first-order chi connectivity index (χ1) is 12.1. The van der Waals surface area contributed by atoms with E-state index in [0.717, 1.165) is 11.6 Å². The molecule has 0 fully saturated rings. The van der Waals surface area contributed by atoms with Crippen LogP contribution in [0.5, 0.6) is 5.75 Å². The molecule has 124 valence electrons. The first kappa shape index (κ1) is 15.4. The van der Waals surface area contributed by atoms with E-state index in [2.05, 4.69) is 4.98 Å². The Hall–Kier alpha value is -3.08. The van der Waals surface area contributed by atoms with Crippen molar-refractivity contribution in [2.24, 2.45) is 0 Å². The lowest BCUT2D eigenvalue weighted by molar-refractivity contribution is 0.0849. The molecule has 1 atom stereocenters. The van der Waals surface area contributed by atoms with Gasteiger partial charge in [-0.1, -0.05) is 30.3 Å². The Balaban J connectivity index is 1.77. The van der Waals surface area contributed by atoms with E-state index in [4.69, 9.17) is 4.74 Å². The Bertz CT molecular complexity index is 957. The summed E-state index contributed by atoms with van der Waals surface area (Å²) in [5.74, 6) is -1.43. The number of Topliss-reactive ketones (excluding diaryl/α,β-unsaturated/α-hetero) is 1. The molecule has 3 aromatic rings. The molecule has 5 heteroatoms. The predicted molar refractivity (Wildman–Crippen MR) is 88.3 cm³/mol. The Kier molecular flexibility index (Phi) is 3.76. The summed E-state index contributed by atoms with van der Waals surface area (Å²) < 4.78 is 34.2. The molecule has 0 bridgehead atoms. The summed E-state index contributed by atoms with van der Waals surface area (Å²) in [6, 6.07) is 14.7. The average molecular weight is 337 g/mol. The second kappa shape index (κ2) is 6.09. The number of benzene rings is 2. The van der Waals surface area contributed by atoms with Crippen LogP contribution in [-0.2, 0) is 0 Å². The third-order valence-electron chi connectivity index (χ3n) is 4.23. The van der Waals surface area contributed by atoms with Crippen molar-refractivity contribution in [1.29, 1.82) is 0 Å². The zero-order valence-electron chi connectivity index (χ0n) is 13.1. The lowest BCUT2D eigenvalue weighted by Gasteiger charge is -2.26. The van der Waals surface area contributed by atoms with E-state index in [1.807, 2.05) is 30.3 Å². The van der Waals surface area contributed by atoms with Crippen molar-refractivity contribution in [3.63, 3.8) is 0 Å². The lowest BCUT2D eigenvalue weighted by atomic mass is 9.93. The van der Waals surface area contributed by atoms with Gasteiger partial charge in [0.2, 0.25) is 5.95 Å². The fraction of sp³-hybridized carbons (Fsp3) is 0.100. The average Bonchev–Trinajstić information content (AvgIpc) is 2.62. The second-order valence-electron chi connectivity index (χ2n) is 5.81. The number of ketones is 1. The summed E-state index contributed by atoms with van der Waals surface area (Å²) in [6.07, 6.45) is 0.979. The molecule has 0 radical (unpaired) electrons. The van der Waals surface area contributed by atoms with Gasteiger partial charge in [0.25, 0.3) is 0 Å². The van der Waals surface area contributed by atoms with Gasteiger partial charge in [-0.25, -0.2) is 9.37 Å². The van der Waals surface area contributed by atoms with Crippen LogP contribution in [0.1, 0.15) is 28.4 Å². The van der Waals surface area contributed by atoms with Crippen molar-refractivity contribution in [3.05, 3.63) is 83.7 Å². The number of rotatable bonds is 2. The fourth-order valence-electron chi connectivity index (χ4n) is 2.99. The van der Waals surface area contributed by atoms with E-state index < -0.39 is 17.9 Å². The summed E-state index contributed by atoms with van der Waals surface area (Å²) in [7, 11) is 0. The molecule has 0 amide bonds. The van der Waals surface area contributed by atoms with Gasteiger partial charge in [0.15, 0.2) is 5.78 Å². The highest BCUT2D eigenvalue weighted by molar-refractivity contribution is 6.01. The maximum absolute atomic E-state index is 14.5. The Morgan fingerprint density at radius 2 is 1.76 bits per heavy atom. The Morgan fingerprint density at radius 1 is 0.960 bits per heavy atom. The number of aromatic nitrogens is 1. The van der Waals surface area contributed by atoms with Crippen LogP contribution >= 0.6 is 0 Å². The van der Waals surface area contributed by atoms with Crippen LogP contribution in [0, 0.1) is 11.8 Å². The monoisotopic (exact) mass is 337 g/mol. The normalized spacial score (nSPS) is 16.2. The molecule has 4 rings (SSSR count). The van der Waals surface area contributed by atoms with E-state index in [9.17, 15) is 13.6 Å². The van der Waals surface area contributed by atoms with E-state index in [1.54, 1.807) is 0 Å². The molecule has 2 aromatic carbocycles. The number of carbonyl (C=O) groups excluding carboxylic acids is 1. The first-order valence-electron chi connectivity index (χ1n) is 7.82.